The van der Waals surface area contributed by atoms with Gasteiger partial charge in [0.2, 0.25) is 16.0 Å². The van der Waals surface area contributed by atoms with E-state index in [1.807, 2.05) is 30.3 Å². The molecule has 27 heavy (non-hydrogen) atoms. The molecule has 0 radical (unpaired) electrons. The molecule has 4 N–H and O–H groups in total. The Morgan fingerprint density at radius 3 is 2.67 bits per heavy atom. The van der Waals surface area contributed by atoms with Gasteiger partial charge >= 0.3 is 0 Å². The van der Waals surface area contributed by atoms with Crippen molar-refractivity contribution in [1.82, 2.24) is 24.5 Å². The van der Waals surface area contributed by atoms with Crippen molar-refractivity contribution < 1.29 is 8.42 Å². The zero-order valence-electron chi connectivity index (χ0n) is 14.8. The molecule has 0 amide bonds. The second-order valence-electron chi connectivity index (χ2n) is 5.95. The predicted octanol–water partition coefficient (Wildman–Crippen LogP) is 0.932. The van der Waals surface area contributed by atoms with Crippen molar-refractivity contribution in [2.45, 2.75) is 6.54 Å². The zero-order chi connectivity index (χ0) is 19.3. The molecule has 9 nitrogen and oxygen atoms in total. The maximum atomic E-state index is 11.1. The van der Waals surface area contributed by atoms with Gasteiger partial charge in [-0.05, 0) is 11.6 Å². The average Bonchev–Trinajstić information content (AvgIpc) is 3.00. The van der Waals surface area contributed by atoms with Gasteiger partial charge < -0.3 is 11.1 Å². The summed E-state index contributed by atoms with van der Waals surface area (Å²) in [7, 11) is -3.22. The summed E-state index contributed by atoms with van der Waals surface area (Å²) in [5, 5.41) is 7.33. The van der Waals surface area contributed by atoms with Crippen molar-refractivity contribution in [3.8, 4) is 11.3 Å². The van der Waals surface area contributed by atoms with Crippen LogP contribution in [0.3, 0.4) is 0 Å². The van der Waals surface area contributed by atoms with Gasteiger partial charge in [-0.25, -0.2) is 27.8 Å². The number of nitrogens with one attached hydrogen (secondary N) is 2. The Hall–Kier alpha value is -2.98. The minimum Gasteiger partial charge on any atom is -0.383 e. The molecule has 0 saturated heterocycles. The monoisotopic (exact) mass is 387 g/mol. The smallest absolute Gasteiger partial charge is 0.223 e. The fraction of sp³-hybridized carbons (Fsp3) is 0.235. The van der Waals surface area contributed by atoms with Crippen molar-refractivity contribution in [2.75, 3.05) is 30.4 Å². The number of benzene rings is 1. The van der Waals surface area contributed by atoms with Gasteiger partial charge in [0.1, 0.15) is 5.82 Å². The molecule has 0 saturated carbocycles. The van der Waals surface area contributed by atoms with Gasteiger partial charge in [0.05, 0.1) is 30.3 Å². The molecule has 10 heteroatoms. The maximum absolute atomic E-state index is 11.1. The van der Waals surface area contributed by atoms with Gasteiger partial charge in [0.15, 0.2) is 0 Å². The molecule has 2 heterocycles. The first kappa shape index (κ1) is 18.8. The molecule has 0 aliphatic heterocycles. The molecule has 142 valence electrons. The molecular formula is C17H21N7O2S. The van der Waals surface area contributed by atoms with Crippen molar-refractivity contribution >= 4 is 21.8 Å². The average molecular weight is 387 g/mol. The van der Waals surface area contributed by atoms with Crippen LogP contribution >= 0.6 is 0 Å². The number of hydrogen-bond acceptors (Lipinski definition) is 7. The number of nitrogens with zero attached hydrogens (tertiary/aromatic N) is 4. The van der Waals surface area contributed by atoms with E-state index in [4.69, 9.17) is 5.73 Å². The number of anilines is 2. The maximum Gasteiger partial charge on any atom is 0.223 e. The number of hydrogen-bond donors (Lipinski definition) is 3. The van der Waals surface area contributed by atoms with Gasteiger partial charge in [-0.3, -0.25) is 0 Å². The Kier molecular flexibility index (Phi) is 5.67. The molecule has 0 spiro atoms. The third-order valence-electron chi connectivity index (χ3n) is 3.76. The lowest BCUT2D eigenvalue weighted by atomic mass is 10.2. The van der Waals surface area contributed by atoms with Crippen LogP contribution in [0.4, 0.5) is 11.8 Å². The highest BCUT2D eigenvalue weighted by Crippen LogP contribution is 2.24. The first-order valence-electron chi connectivity index (χ1n) is 8.29. The minimum absolute atomic E-state index is 0.240. The largest absolute Gasteiger partial charge is 0.383 e. The van der Waals surface area contributed by atoms with Gasteiger partial charge in [-0.2, -0.15) is 5.10 Å². The number of sulfonamides is 1. The van der Waals surface area contributed by atoms with E-state index in [0.717, 1.165) is 11.8 Å². The van der Waals surface area contributed by atoms with Crippen LogP contribution in [0.5, 0.6) is 0 Å². The van der Waals surface area contributed by atoms with Crippen LogP contribution in [0, 0.1) is 0 Å². The van der Waals surface area contributed by atoms with Crippen LogP contribution in [-0.2, 0) is 16.6 Å². The van der Waals surface area contributed by atoms with E-state index in [2.05, 4.69) is 25.1 Å². The third-order valence-corrected chi connectivity index (χ3v) is 4.49. The number of nitrogens with two attached hydrogens (primary N) is 1. The summed E-state index contributed by atoms with van der Waals surface area (Å²) in [6.45, 7) is 1.17. The molecule has 0 unspecified atom stereocenters. The van der Waals surface area contributed by atoms with E-state index in [-0.39, 0.29) is 6.54 Å². The van der Waals surface area contributed by atoms with Gasteiger partial charge in [-0.1, -0.05) is 30.3 Å². The van der Waals surface area contributed by atoms with E-state index >= 15 is 0 Å². The van der Waals surface area contributed by atoms with Crippen molar-refractivity contribution in [3.63, 3.8) is 0 Å². The standard InChI is InChI=1S/C17H21N7O2S/c1-27(25,26)22-10-9-20-17-19-8-7-15(23-17)14-11-21-24(16(14)18)12-13-5-3-2-4-6-13/h2-8,11,22H,9-10,12,18H2,1H3,(H,19,20,23). The van der Waals surface area contributed by atoms with Gasteiger partial charge in [0.25, 0.3) is 0 Å². The molecule has 2 aromatic heterocycles. The first-order chi connectivity index (χ1) is 12.9. The van der Waals surface area contributed by atoms with E-state index in [1.54, 1.807) is 23.1 Å². The van der Waals surface area contributed by atoms with Crippen molar-refractivity contribution in [1.29, 1.82) is 0 Å². The predicted molar refractivity (Wildman–Crippen MR) is 105 cm³/mol. The molecule has 0 fully saturated rings. The molecule has 1 aromatic carbocycles. The molecule has 0 atom stereocenters. The highest BCUT2D eigenvalue weighted by molar-refractivity contribution is 7.88. The van der Waals surface area contributed by atoms with E-state index in [1.165, 1.54) is 0 Å². The highest BCUT2D eigenvalue weighted by atomic mass is 32.2. The van der Waals surface area contributed by atoms with Crippen LogP contribution in [-0.4, -0.2) is 47.5 Å². The number of aromatic nitrogens is 4. The highest BCUT2D eigenvalue weighted by Gasteiger charge is 2.12. The second-order valence-corrected chi connectivity index (χ2v) is 7.78. The summed E-state index contributed by atoms with van der Waals surface area (Å²) in [6, 6.07) is 11.7. The van der Waals surface area contributed by atoms with Crippen LogP contribution in [0.1, 0.15) is 5.56 Å². The third kappa shape index (κ3) is 5.25. The molecule has 0 aliphatic rings. The van der Waals surface area contributed by atoms with Crippen molar-refractivity contribution in [2.24, 2.45) is 0 Å². The Bertz CT molecular complexity index is 1000. The Morgan fingerprint density at radius 1 is 1.15 bits per heavy atom. The lowest BCUT2D eigenvalue weighted by Crippen LogP contribution is -2.28. The molecule has 0 bridgehead atoms. The molecule has 0 aliphatic carbocycles. The van der Waals surface area contributed by atoms with E-state index in [9.17, 15) is 8.42 Å². The summed E-state index contributed by atoms with van der Waals surface area (Å²) in [5.41, 5.74) is 8.70. The molecule has 3 aromatic rings. The van der Waals surface area contributed by atoms with Crippen LogP contribution in [0.2, 0.25) is 0 Å². The summed E-state index contributed by atoms with van der Waals surface area (Å²) >= 11 is 0. The summed E-state index contributed by atoms with van der Waals surface area (Å²) < 4.78 is 26.2. The molecule has 3 rings (SSSR count). The van der Waals surface area contributed by atoms with Crippen LogP contribution in [0.15, 0.2) is 48.8 Å². The number of nitrogen functional groups attached to an aromatic ring is 1. The SMILES string of the molecule is CS(=O)(=O)NCCNc1nccc(-c2cnn(Cc3ccccc3)c2N)n1. The number of rotatable bonds is 8. The lowest BCUT2D eigenvalue weighted by molar-refractivity contribution is 0.589. The van der Waals surface area contributed by atoms with Gasteiger partial charge in [0, 0.05) is 19.3 Å². The van der Waals surface area contributed by atoms with E-state index < -0.39 is 10.0 Å². The summed E-state index contributed by atoms with van der Waals surface area (Å²) in [6.07, 6.45) is 4.40. The quantitative estimate of drug-likeness (QED) is 0.491. The Balaban J connectivity index is 1.70. The normalized spacial score (nSPS) is 11.4. The van der Waals surface area contributed by atoms with Crippen LogP contribution < -0.4 is 15.8 Å². The Morgan fingerprint density at radius 2 is 1.93 bits per heavy atom. The second kappa shape index (κ2) is 8.14. The Labute approximate surface area is 157 Å². The zero-order valence-corrected chi connectivity index (χ0v) is 15.6. The minimum atomic E-state index is -3.22. The molecular weight excluding hydrogens is 366 g/mol. The first-order valence-corrected chi connectivity index (χ1v) is 10.2. The lowest BCUT2D eigenvalue weighted by Gasteiger charge is -2.07. The fourth-order valence-electron chi connectivity index (χ4n) is 2.48. The topological polar surface area (TPSA) is 128 Å². The summed E-state index contributed by atoms with van der Waals surface area (Å²) in [5.74, 6) is 0.903. The van der Waals surface area contributed by atoms with Crippen LogP contribution in [0.25, 0.3) is 11.3 Å². The fourth-order valence-corrected chi connectivity index (χ4v) is 2.95. The summed E-state index contributed by atoms with van der Waals surface area (Å²) in [4.78, 5) is 8.56. The van der Waals surface area contributed by atoms with Crippen molar-refractivity contribution in [3.05, 3.63) is 54.4 Å². The van der Waals surface area contributed by atoms with Gasteiger partial charge in [-0.15, -0.1) is 0 Å². The van der Waals surface area contributed by atoms with E-state index in [0.29, 0.717) is 36.1 Å².